The van der Waals surface area contributed by atoms with Gasteiger partial charge < -0.3 is 24.9 Å². The lowest BCUT2D eigenvalue weighted by Gasteiger charge is -2.26. The molecule has 7 nitrogen and oxygen atoms in total. The van der Waals surface area contributed by atoms with Crippen LogP contribution in [0.3, 0.4) is 0 Å². The molecule has 7 heteroatoms. The number of hydrogen-bond acceptors (Lipinski definition) is 5. The number of alkyl carbamates (subject to hydrolysis) is 1. The number of benzene rings is 2. The van der Waals surface area contributed by atoms with E-state index in [0.717, 1.165) is 16.8 Å². The van der Waals surface area contributed by atoms with Crippen molar-refractivity contribution in [2.45, 2.75) is 58.2 Å². The summed E-state index contributed by atoms with van der Waals surface area (Å²) in [7, 11) is 0. The minimum Gasteiger partial charge on any atom is -0.444 e. The first-order valence-corrected chi connectivity index (χ1v) is 10.7. The highest BCUT2D eigenvalue weighted by Crippen LogP contribution is 2.19. The Balaban J connectivity index is 1.65. The highest BCUT2D eigenvalue weighted by Gasteiger charge is 2.28. The maximum absolute atomic E-state index is 12.4. The van der Waals surface area contributed by atoms with Gasteiger partial charge >= 0.3 is 6.09 Å². The van der Waals surface area contributed by atoms with Crippen LogP contribution in [-0.4, -0.2) is 32.8 Å². The number of ether oxygens (including phenoxy) is 2. The summed E-state index contributed by atoms with van der Waals surface area (Å²) in [6.07, 6.45) is 0.416. The van der Waals surface area contributed by atoms with Gasteiger partial charge in [0.2, 0.25) is 0 Å². The third-order valence-corrected chi connectivity index (χ3v) is 4.68. The standard InChI is InChI=1S/C25H31N3O4/c1-25(2,3)32-24(30)28-21(14-18-10-6-4-7-11-18)22(29)23-26-15-20(27-23)17-31-16-19-12-8-5-9-13-19/h4-13,15,21-22,29H,14,16-17H2,1-3H3,(H,26,27)(H,28,30)/t21-,22?/m0/s1. The lowest BCUT2D eigenvalue weighted by molar-refractivity contribution is 0.0413. The molecule has 1 amide bonds. The summed E-state index contributed by atoms with van der Waals surface area (Å²) in [6, 6.07) is 18.9. The van der Waals surface area contributed by atoms with Crippen LogP contribution in [0, 0.1) is 0 Å². The Kier molecular flexibility index (Phi) is 8.03. The molecule has 3 rings (SSSR count). The van der Waals surface area contributed by atoms with E-state index >= 15 is 0 Å². The van der Waals surface area contributed by atoms with Crippen LogP contribution in [0.5, 0.6) is 0 Å². The molecule has 0 saturated carbocycles. The second-order valence-electron chi connectivity index (χ2n) is 8.66. The number of amides is 1. The van der Waals surface area contributed by atoms with Crippen LogP contribution in [0.1, 0.15) is 49.5 Å². The molecular weight excluding hydrogens is 406 g/mol. The summed E-state index contributed by atoms with van der Waals surface area (Å²) in [5.74, 6) is 0.361. The Hall–Kier alpha value is -3.16. The number of rotatable bonds is 9. The number of aromatic amines is 1. The highest BCUT2D eigenvalue weighted by molar-refractivity contribution is 5.68. The normalized spacial score (nSPS) is 13.4. The topological polar surface area (TPSA) is 96.5 Å². The van der Waals surface area contributed by atoms with E-state index in [9.17, 15) is 9.90 Å². The molecule has 0 bridgehead atoms. The molecule has 1 heterocycles. The third kappa shape index (κ3) is 7.51. The zero-order valence-electron chi connectivity index (χ0n) is 18.7. The van der Waals surface area contributed by atoms with Crippen LogP contribution in [0.25, 0.3) is 0 Å². The first-order valence-electron chi connectivity index (χ1n) is 10.7. The molecule has 0 aliphatic carbocycles. The van der Waals surface area contributed by atoms with Gasteiger partial charge in [0.15, 0.2) is 0 Å². The Morgan fingerprint density at radius 1 is 1.03 bits per heavy atom. The zero-order valence-corrected chi connectivity index (χ0v) is 18.7. The molecule has 32 heavy (non-hydrogen) atoms. The highest BCUT2D eigenvalue weighted by atomic mass is 16.6. The second kappa shape index (κ2) is 10.9. The molecule has 1 aromatic heterocycles. The molecular formula is C25H31N3O4. The van der Waals surface area contributed by atoms with Crippen molar-refractivity contribution in [3.63, 3.8) is 0 Å². The monoisotopic (exact) mass is 437 g/mol. The van der Waals surface area contributed by atoms with E-state index in [1.165, 1.54) is 0 Å². The van der Waals surface area contributed by atoms with E-state index in [4.69, 9.17) is 9.47 Å². The Labute approximate surface area is 188 Å². The van der Waals surface area contributed by atoms with Gasteiger partial charge in [-0.25, -0.2) is 9.78 Å². The average molecular weight is 438 g/mol. The number of carbonyl (C=O) groups is 1. The van der Waals surface area contributed by atoms with Crippen molar-refractivity contribution in [3.05, 3.63) is 89.5 Å². The Morgan fingerprint density at radius 2 is 1.66 bits per heavy atom. The minimum atomic E-state index is -1.05. The van der Waals surface area contributed by atoms with E-state index in [0.29, 0.717) is 25.5 Å². The van der Waals surface area contributed by atoms with Crippen molar-refractivity contribution in [1.82, 2.24) is 15.3 Å². The van der Waals surface area contributed by atoms with E-state index in [1.54, 1.807) is 27.0 Å². The molecule has 0 fully saturated rings. The zero-order chi connectivity index (χ0) is 23.0. The first-order chi connectivity index (χ1) is 15.3. The summed E-state index contributed by atoms with van der Waals surface area (Å²) < 4.78 is 11.1. The molecule has 0 spiro atoms. The van der Waals surface area contributed by atoms with Crippen LogP contribution in [0.4, 0.5) is 4.79 Å². The fraction of sp³-hybridized carbons (Fsp3) is 0.360. The number of aliphatic hydroxyl groups is 1. The smallest absolute Gasteiger partial charge is 0.407 e. The fourth-order valence-corrected chi connectivity index (χ4v) is 3.21. The largest absolute Gasteiger partial charge is 0.444 e. The number of imidazole rings is 1. The van der Waals surface area contributed by atoms with Gasteiger partial charge in [0.25, 0.3) is 0 Å². The van der Waals surface area contributed by atoms with Crippen molar-refractivity contribution in [2.75, 3.05) is 0 Å². The Morgan fingerprint density at radius 3 is 2.28 bits per heavy atom. The van der Waals surface area contributed by atoms with Crippen LogP contribution in [0.15, 0.2) is 66.9 Å². The van der Waals surface area contributed by atoms with E-state index in [1.807, 2.05) is 60.7 Å². The van der Waals surface area contributed by atoms with Gasteiger partial charge in [-0.05, 0) is 38.3 Å². The number of nitrogens with one attached hydrogen (secondary N) is 2. The predicted molar refractivity (Wildman–Crippen MR) is 122 cm³/mol. The molecule has 0 radical (unpaired) electrons. The lowest BCUT2D eigenvalue weighted by Crippen LogP contribution is -2.43. The second-order valence-corrected chi connectivity index (χ2v) is 8.66. The maximum Gasteiger partial charge on any atom is 0.407 e. The van der Waals surface area contributed by atoms with E-state index in [2.05, 4.69) is 15.3 Å². The Bertz CT molecular complexity index is 968. The number of H-pyrrole nitrogens is 1. The van der Waals surface area contributed by atoms with E-state index in [-0.39, 0.29) is 0 Å². The van der Waals surface area contributed by atoms with Crippen LogP contribution in [-0.2, 0) is 29.1 Å². The summed E-state index contributed by atoms with van der Waals surface area (Å²) >= 11 is 0. The molecule has 1 unspecified atom stereocenters. The molecule has 2 atom stereocenters. The van der Waals surface area contributed by atoms with Crippen LogP contribution >= 0.6 is 0 Å². The molecule has 3 N–H and O–H groups in total. The fourth-order valence-electron chi connectivity index (χ4n) is 3.21. The summed E-state index contributed by atoms with van der Waals surface area (Å²) in [5.41, 5.74) is 2.16. The van der Waals surface area contributed by atoms with Gasteiger partial charge in [-0.15, -0.1) is 0 Å². The van der Waals surface area contributed by atoms with Crippen molar-refractivity contribution in [2.24, 2.45) is 0 Å². The summed E-state index contributed by atoms with van der Waals surface area (Å²) in [4.78, 5) is 19.8. The van der Waals surface area contributed by atoms with Gasteiger partial charge in [0, 0.05) is 0 Å². The number of carbonyl (C=O) groups excluding carboxylic acids is 1. The van der Waals surface area contributed by atoms with Gasteiger partial charge in [0.05, 0.1) is 31.1 Å². The van der Waals surface area contributed by atoms with Gasteiger partial charge in [-0.1, -0.05) is 60.7 Å². The number of aliphatic hydroxyl groups excluding tert-OH is 1. The first kappa shape index (κ1) is 23.5. The molecule has 2 aromatic carbocycles. The summed E-state index contributed by atoms with van der Waals surface area (Å²) in [5, 5.41) is 13.8. The average Bonchev–Trinajstić information content (AvgIpc) is 3.22. The molecule has 0 saturated heterocycles. The van der Waals surface area contributed by atoms with E-state index < -0.39 is 23.8 Å². The van der Waals surface area contributed by atoms with Crippen molar-refractivity contribution >= 4 is 6.09 Å². The summed E-state index contributed by atoms with van der Waals surface area (Å²) in [6.45, 7) is 6.20. The van der Waals surface area contributed by atoms with Crippen molar-refractivity contribution in [3.8, 4) is 0 Å². The third-order valence-electron chi connectivity index (χ3n) is 4.68. The van der Waals surface area contributed by atoms with Crippen molar-refractivity contribution < 1.29 is 19.4 Å². The minimum absolute atomic E-state index is 0.331. The lowest BCUT2D eigenvalue weighted by atomic mass is 10.0. The molecule has 170 valence electrons. The quantitative estimate of drug-likeness (QED) is 0.464. The molecule has 3 aromatic rings. The van der Waals surface area contributed by atoms with Gasteiger partial charge in [-0.3, -0.25) is 0 Å². The van der Waals surface area contributed by atoms with Gasteiger partial charge in [0.1, 0.15) is 17.5 Å². The van der Waals surface area contributed by atoms with Crippen LogP contribution < -0.4 is 5.32 Å². The number of hydrogen-bond donors (Lipinski definition) is 3. The molecule has 0 aliphatic rings. The maximum atomic E-state index is 12.4. The number of aromatic nitrogens is 2. The van der Waals surface area contributed by atoms with Crippen molar-refractivity contribution in [1.29, 1.82) is 0 Å². The predicted octanol–water partition coefficient (Wildman–Crippen LogP) is 4.30. The van der Waals surface area contributed by atoms with Crippen LogP contribution in [0.2, 0.25) is 0 Å². The SMILES string of the molecule is CC(C)(C)OC(=O)N[C@@H](Cc1ccccc1)C(O)c1ncc(COCc2ccccc2)[nH]1. The number of nitrogens with zero attached hydrogens (tertiary/aromatic N) is 1. The van der Waals surface area contributed by atoms with Gasteiger partial charge in [-0.2, -0.15) is 0 Å². The molecule has 0 aliphatic heterocycles.